The molecule has 1 saturated heterocycles. The predicted octanol–water partition coefficient (Wildman–Crippen LogP) is 2.48. The van der Waals surface area contributed by atoms with E-state index in [0.29, 0.717) is 19.5 Å². The molecule has 1 aliphatic heterocycles. The number of aryl methyl sites for hydroxylation is 1. The largest absolute Gasteiger partial charge is 0.481 e. The molecule has 6 nitrogen and oxygen atoms in total. The average molecular weight is 345 g/mol. The number of carbonyl (C=O) groups is 2. The number of imidazole rings is 1. The van der Waals surface area contributed by atoms with Crippen LogP contribution in [0.2, 0.25) is 0 Å². The number of piperidine rings is 1. The monoisotopic (exact) mass is 345 g/mol. The van der Waals surface area contributed by atoms with E-state index < -0.39 is 23.7 Å². The van der Waals surface area contributed by atoms with Gasteiger partial charge in [-0.1, -0.05) is 18.2 Å². The van der Waals surface area contributed by atoms with Gasteiger partial charge in [0.1, 0.15) is 5.82 Å². The van der Waals surface area contributed by atoms with Crippen LogP contribution in [0.4, 0.5) is 4.39 Å². The number of hydrogen-bond acceptors (Lipinski definition) is 3. The molecule has 1 aromatic heterocycles. The van der Waals surface area contributed by atoms with Crippen LogP contribution in [0.25, 0.3) is 0 Å². The van der Waals surface area contributed by atoms with E-state index in [1.807, 2.05) is 10.8 Å². The summed E-state index contributed by atoms with van der Waals surface area (Å²) >= 11 is 0. The molecule has 2 heterocycles. The number of carboxylic acid groups (broad SMARTS) is 1. The summed E-state index contributed by atoms with van der Waals surface area (Å²) in [6.45, 7) is 1.03. The van der Waals surface area contributed by atoms with Crippen LogP contribution in [0.15, 0.2) is 43.0 Å². The standard InChI is InChI=1S/C18H20FN3O3/c19-15-5-2-1-4-13(15)17-14(18(24)25)6-7-16(23)22(17)10-3-9-21-11-8-20-12-21/h1-2,4-5,8,11-12,14,17H,3,6-7,9-10H2,(H,24,25)/t14-,17-/m1/s1. The summed E-state index contributed by atoms with van der Waals surface area (Å²) in [4.78, 5) is 29.6. The van der Waals surface area contributed by atoms with Crippen molar-refractivity contribution in [3.05, 3.63) is 54.4 Å². The van der Waals surface area contributed by atoms with E-state index in [-0.39, 0.29) is 24.3 Å². The van der Waals surface area contributed by atoms with Crippen molar-refractivity contribution >= 4 is 11.9 Å². The Morgan fingerprint density at radius 2 is 2.12 bits per heavy atom. The number of rotatable bonds is 6. The van der Waals surface area contributed by atoms with Gasteiger partial charge in [-0.3, -0.25) is 9.59 Å². The Morgan fingerprint density at radius 1 is 1.32 bits per heavy atom. The van der Waals surface area contributed by atoms with Crippen molar-refractivity contribution < 1.29 is 19.1 Å². The third kappa shape index (κ3) is 3.70. The van der Waals surface area contributed by atoms with Crippen molar-refractivity contribution in [2.24, 2.45) is 5.92 Å². The molecule has 0 bridgehead atoms. The first kappa shape index (κ1) is 17.1. The van der Waals surface area contributed by atoms with Crippen molar-refractivity contribution in [2.45, 2.75) is 31.8 Å². The minimum absolute atomic E-state index is 0.128. The number of aromatic nitrogens is 2. The molecule has 2 atom stereocenters. The van der Waals surface area contributed by atoms with Gasteiger partial charge in [0.05, 0.1) is 18.3 Å². The maximum absolute atomic E-state index is 14.3. The van der Waals surface area contributed by atoms with Crippen LogP contribution in [-0.4, -0.2) is 38.0 Å². The van der Waals surface area contributed by atoms with Crippen LogP contribution >= 0.6 is 0 Å². The molecule has 0 spiro atoms. The van der Waals surface area contributed by atoms with Gasteiger partial charge in [-0.25, -0.2) is 9.37 Å². The quantitative estimate of drug-likeness (QED) is 0.873. The summed E-state index contributed by atoms with van der Waals surface area (Å²) in [6.07, 6.45) is 6.23. The van der Waals surface area contributed by atoms with Crippen molar-refractivity contribution in [1.82, 2.24) is 14.5 Å². The number of aliphatic carboxylic acids is 1. The molecule has 132 valence electrons. The zero-order valence-electron chi connectivity index (χ0n) is 13.7. The lowest BCUT2D eigenvalue weighted by Crippen LogP contribution is -2.46. The van der Waals surface area contributed by atoms with E-state index in [0.717, 1.165) is 0 Å². The lowest BCUT2D eigenvalue weighted by atomic mass is 9.84. The molecule has 1 aliphatic rings. The van der Waals surface area contributed by atoms with Crippen LogP contribution in [0, 0.1) is 11.7 Å². The van der Waals surface area contributed by atoms with Gasteiger partial charge < -0.3 is 14.6 Å². The topological polar surface area (TPSA) is 75.4 Å². The molecule has 1 fully saturated rings. The van der Waals surface area contributed by atoms with Gasteiger partial charge in [0.15, 0.2) is 0 Å². The molecule has 0 aliphatic carbocycles. The maximum atomic E-state index is 14.3. The van der Waals surface area contributed by atoms with Gasteiger partial charge in [-0.15, -0.1) is 0 Å². The number of halogens is 1. The summed E-state index contributed by atoms with van der Waals surface area (Å²) in [5.41, 5.74) is 0.269. The van der Waals surface area contributed by atoms with Crippen LogP contribution < -0.4 is 0 Å². The zero-order valence-corrected chi connectivity index (χ0v) is 13.7. The van der Waals surface area contributed by atoms with Gasteiger partial charge >= 0.3 is 5.97 Å². The highest BCUT2D eigenvalue weighted by Crippen LogP contribution is 2.38. The SMILES string of the molecule is O=C(O)[C@@H]1CCC(=O)N(CCCn2ccnc2)[C@@H]1c1ccccc1F. The predicted molar refractivity (Wildman–Crippen MR) is 88.1 cm³/mol. The molecular weight excluding hydrogens is 325 g/mol. The van der Waals surface area contributed by atoms with E-state index >= 15 is 0 Å². The lowest BCUT2D eigenvalue weighted by molar-refractivity contribution is -0.152. The Hall–Kier alpha value is -2.70. The normalized spacial score (nSPS) is 20.7. The molecule has 0 radical (unpaired) electrons. The van der Waals surface area contributed by atoms with Gasteiger partial charge in [0.2, 0.25) is 5.91 Å². The number of likely N-dealkylation sites (tertiary alicyclic amines) is 1. The van der Waals surface area contributed by atoms with Gasteiger partial charge in [-0.05, 0) is 18.9 Å². The summed E-state index contributed by atoms with van der Waals surface area (Å²) in [6, 6.07) is 5.32. The fourth-order valence-corrected chi connectivity index (χ4v) is 3.42. The third-order valence-corrected chi connectivity index (χ3v) is 4.62. The second-order valence-corrected chi connectivity index (χ2v) is 6.19. The Morgan fingerprint density at radius 3 is 2.80 bits per heavy atom. The molecule has 1 amide bonds. The Labute approximate surface area is 144 Å². The fourth-order valence-electron chi connectivity index (χ4n) is 3.42. The second kappa shape index (κ2) is 7.46. The smallest absolute Gasteiger partial charge is 0.308 e. The first-order chi connectivity index (χ1) is 12.1. The zero-order chi connectivity index (χ0) is 17.8. The Kier molecular flexibility index (Phi) is 5.11. The second-order valence-electron chi connectivity index (χ2n) is 6.19. The van der Waals surface area contributed by atoms with Crippen molar-refractivity contribution in [2.75, 3.05) is 6.54 Å². The molecule has 25 heavy (non-hydrogen) atoms. The number of nitrogens with zero attached hydrogens (tertiary/aromatic N) is 3. The van der Waals surface area contributed by atoms with E-state index in [1.165, 1.54) is 11.0 Å². The number of amides is 1. The van der Waals surface area contributed by atoms with Crippen LogP contribution in [-0.2, 0) is 16.1 Å². The van der Waals surface area contributed by atoms with Gasteiger partial charge in [0.25, 0.3) is 0 Å². The summed E-state index contributed by atoms with van der Waals surface area (Å²) in [5.74, 6) is -2.41. The van der Waals surface area contributed by atoms with E-state index in [4.69, 9.17) is 0 Å². The van der Waals surface area contributed by atoms with E-state index in [9.17, 15) is 19.1 Å². The molecule has 1 aromatic carbocycles. The minimum atomic E-state index is -1.000. The van der Waals surface area contributed by atoms with E-state index in [1.54, 1.807) is 30.7 Å². The van der Waals surface area contributed by atoms with Crippen LogP contribution in [0.5, 0.6) is 0 Å². The summed E-state index contributed by atoms with van der Waals surface area (Å²) < 4.78 is 16.2. The average Bonchev–Trinajstić information content (AvgIpc) is 3.10. The summed E-state index contributed by atoms with van der Waals surface area (Å²) in [7, 11) is 0. The van der Waals surface area contributed by atoms with Gasteiger partial charge in [-0.2, -0.15) is 0 Å². The number of hydrogen-bond donors (Lipinski definition) is 1. The molecule has 2 aromatic rings. The highest BCUT2D eigenvalue weighted by molar-refractivity contribution is 5.81. The molecule has 1 N–H and O–H groups in total. The first-order valence-corrected chi connectivity index (χ1v) is 8.30. The number of benzene rings is 1. The molecule has 7 heteroatoms. The van der Waals surface area contributed by atoms with Gasteiger partial charge in [0, 0.05) is 37.5 Å². The first-order valence-electron chi connectivity index (χ1n) is 8.30. The Balaban J connectivity index is 1.84. The summed E-state index contributed by atoms with van der Waals surface area (Å²) in [5, 5.41) is 9.57. The van der Waals surface area contributed by atoms with E-state index in [2.05, 4.69) is 4.98 Å². The lowest BCUT2D eigenvalue weighted by Gasteiger charge is -2.40. The highest BCUT2D eigenvalue weighted by atomic mass is 19.1. The minimum Gasteiger partial charge on any atom is -0.481 e. The number of carboxylic acids is 1. The van der Waals surface area contributed by atoms with Crippen molar-refractivity contribution in [3.63, 3.8) is 0 Å². The molecule has 3 rings (SSSR count). The van der Waals surface area contributed by atoms with Crippen LogP contribution in [0.3, 0.4) is 0 Å². The molecule has 0 saturated carbocycles. The molecular formula is C18H20FN3O3. The maximum Gasteiger partial charge on any atom is 0.308 e. The third-order valence-electron chi connectivity index (χ3n) is 4.62. The van der Waals surface area contributed by atoms with Crippen LogP contribution in [0.1, 0.15) is 30.9 Å². The Bertz CT molecular complexity index is 748. The van der Waals surface area contributed by atoms with Crippen molar-refractivity contribution in [1.29, 1.82) is 0 Å². The fraction of sp³-hybridized carbons (Fsp3) is 0.389. The van der Waals surface area contributed by atoms with Crippen molar-refractivity contribution in [3.8, 4) is 0 Å². The number of carbonyl (C=O) groups excluding carboxylic acids is 1. The highest BCUT2D eigenvalue weighted by Gasteiger charge is 2.41. The molecule has 0 unspecified atom stereocenters.